The molecule has 0 radical (unpaired) electrons. The van der Waals surface area contributed by atoms with E-state index in [1.165, 1.54) is 50.8 Å². The maximum Gasteiger partial charge on any atom is 0.00718 e. The zero-order chi connectivity index (χ0) is 10.4. The summed E-state index contributed by atoms with van der Waals surface area (Å²) in [6.45, 7) is 5.12. The van der Waals surface area contributed by atoms with Gasteiger partial charge >= 0.3 is 0 Å². The van der Waals surface area contributed by atoms with Crippen LogP contribution >= 0.6 is 15.9 Å². The summed E-state index contributed by atoms with van der Waals surface area (Å²) in [6, 6.07) is 0. The van der Waals surface area contributed by atoms with Gasteiger partial charge in [0.15, 0.2) is 0 Å². The molecule has 1 unspecified atom stereocenters. The summed E-state index contributed by atoms with van der Waals surface area (Å²) >= 11 is 3.59. The summed E-state index contributed by atoms with van der Waals surface area (Å²) in [4.78, 5) is 4.89. The molecule has 0 N–H and O–H groups in total. The minimum Gasteiger partial charge on any atom is -0.309 e. The van der Waals surface area contributed by atoms with Crippen molar-refractivity contribution >= 4 is 15.9 Å². The highest BCUT2D eigenvalue weighted by molar-refractivity contribution is 9.09. The third-order valence-electron chi connectivity index (χ3n) is 2.90. The number of rotatable bonds is 5. The second-order valence-corrected chi connectivity index (χ2v) is 5.27. The molecule has 3 heteroatoms. The summed E-state index contributed by atoms with van der Waals surface area (Å²) in [5.41, 5.74) is 0. The molecule has 1 rings (SSSR count). The van der Waals surface area contributed by atoms with Gasteiger partial charge in [0.05, 0.1) is 0 Å². The van der Waals surface area contributed by atoms with E-state index in [9.17, 15) is 0 Å². The fraction of sp³-hybridized carbons (Fsp3) is 1.00. The predicted molar refractivity (Wildman–Crippen MR) is 66.1 cm³/mol. The Morgan fingerprint density at radius 2 is 2.21 bits per heavy atom. The first-order chi connectivity index (χ1) is 6.72. The van der Waals surface area contributed by atoms with Crippen molar-refractivity contribution < 1.29 is 0 Å². The van der Waals surface area contributed by atoms with E-state index in [0.29, 0.717) is 0 Å². The third kappa shape index (κ3) is 4.76. The maximum atomic E-state index is 3.59. The molecule has 1 atom stereocenters. The second kappa shape index (κ2) is 6.81. The van der Waals surface area contributed by atoms with Gasteiger partial charge in [-0.1, -0.05) is 15.9 Å². The SMILES string of the molecule is CN(C)CCCN1CCCC(CBr)C1. The van der Waals surface area contributed by atoms with Crippen molar-refractivity contribution in [1.82, 2.24) is 9.80 Å². The summed E-state index contributed by atoms with van der Waals surface area (Å²) in [6.07, 6.45) is 4.11. The van der Waals surface area contributed by atoms with Gasteiger partial charge in [-0.25, -0.2) is 0 Å². The zero-order valence-electron chi connectivity index (χ0n) is 9.51. The number of halogens is 1. The van der Waals surface area contributed by atoms with Crippen molar-refractivity contribution in [3.63, 3.8) is 0 Å². The lowest BCUT2D eigenvalue weighted by molar-refractivity contribution is 0.179. The summed E-state index contributed by atoms with van der Waals surface area (Å²) < 4.78 is 0. The molecular formula is C11H23BrN2. The van der Waals surface area contributed by atoms with Crippen LogP contribution in [-0.2, 0) is 0 Å². The molecule has 14 heavy (non-hydrogen) atoms. The van der Waals surface area contributed by atoms with E-state index in [-0.39, 0.29) is 0 Å². The first-order valence-electron chi connectivity index (χ1n) is 5.65. The van der Waals surface area contributed by atoms with Gasteiger partial charge in [-0.3, -0.25) is 0 Å². The number of piperidine rings is 1. The van der Waals surface area contributed by atoms with Crippen molar-refractivity contribution in [1.29, 1.82) is 0 Å². The Morgan fingerprint density at radius 1 is 1.43 bits per heavy atom. The van der Waals surface area contributed by atoms with Gasteiger partial charge in [0.1, 0.15) is 0 Å². The molecule has 1 heterocycles. The summed E-state index contributed by atoms with van der Waals surface area (Å²) in [5, 5.41) is 1.18. The molecular weight excluding hydrogens is 240 g/mol. The Balaban J connectivity index is 2.11. The first kappa shape index (κ1) is 12.5. The van der Waals surface area contributed by atoms with Crippen LogP contribution in [0.3, 0.4) is 0 Å². The molecule has 1 aliphatic rings. The molecule has 0 saturated carbocycles. The molecule has 0 aromatic carbocycles. The summed E-state index contributed by atoms with van der Waals surface area (Å²) in [5.74, 6) is 0.892. The Labute approximate surface area is 96.8 Å². The Bertz CT molecular complexity index is 150. The minimum absolute atomic E-state index is 0.892. The van der Waals surface area contributed by atoms with Crippen molar-refractivity contribution in [3.05, 3.63) is 0 Å². The third-order valence-corrected chi connectivity index (χ3v) is 3.82. The molecule has 1 fully saturated rings. The number of hydrogen-bond acceptors (Lipinski definition) is 2. The zero-order valence-corrected chi connectivity index (χ0v) is 11.1. The van der Waals surface area contributed by atoms with Gasteiger partial charge in [0, 0.05) is 11.9 Å². The molecule has 0 spiro atoms. The van der Waals surface area contributed by atoms with Crippen LogP contribution < -0.4 is 0 Å². The highest BCUT2D eigenvalue weighted by Crippen LogP contribution is 2.18. The molecule has 0 bridgehead atoms. The predicted octanol–water partition coefficient (Wildman–Crippen LogP) is 2.04. The highest BCUT2D eigenvalue weighted by Gasteiger charge is 2.17. The van der Waals surface area contributed by atoms with E-state index in [4.69, 9.17) is 0 Å². The van der Waals surface area contributed by atoms with Crippen molar-refractivity contribution in [2.45, 2.75) is 19.3 Å². The van der Waals surface area contributed by atoms with Crippen molar-refractivity contribution in [2.75, 3.05) is 45.6 Å². The molecule has 0 aromatic heterocycles. The van der Waals surface area contributed by atoms with Gasteiger partial charge in [-0.05, 0) is 58.9 Å². The lowest BCUT2D eigenvalue weighted by atomic mass is 10.0. The van der Waals surface area contributed by atoms with Gasteiger partial charge in [0.2, 0.25) is 0 Å². The fourth-order valence-electron chi connectivity index (χ4n) is 2.09. The monoisotopic (exact) mass is 262 g/mol. The van der Waals surface area contributed by atoms with Gasteiger partial charge in [-0.15, -0.1) is 0 Å². The molecule has 0 aromatic rings. The average Bonchev–Trinajstić information content (AvgIpc) is 2.18. The molecule has 84 valence electrons. The van der Waals surface area contributed by atoms with Crippen LogP contribution in [-0.4, -0.2) is 55.4 Å². The van der Waals surface area contributed by atoms with Crippen LogP contribution in [0.5, 0.6) is 0 Å². The van der Waals surface area contributed by atoms with Crippen LogP contribution in [0.2, 0.25) is 0 Å². The highest BCUT2D eigenvalue weighted by atomic mass is 79.9. The molecule has 2 nitrogen and oxygen atoms in total. The standard InChI is InChI=1S/C11H23BrN2/c1-13(2)6-4-8-14-7-3-5-11(9-12)10-14/h11H,3-10H2,1-2H3. The Hall–Kier alpha value is 0.400. The van der Waals surface area contributed by atoms with Crippen LogP contribution in [0.25, 0.3) is 0 Å². The van der Waals surface area contributed by atoms with Gasteiger partial charge in [0.25, 0.3) is 0 Å². The van der Waals surface area contributed by atoms with Crippen molar-refractivity contribution in [3.8, 4) is 0 Å². The number of alkyl halides is 1. The Morgan fingerprint density at radius 3 is 2.86 bits per heavy atom. The lowest BCUT2D eigenvalue weighted by Crippen LogP contribution is -2.37. The normalized spacial score (nSPS) is 24.4. The largest absolute Gasteiger partial charge is 0.309 e. The second-order valence-electron chi connectivity index (χ2n) is 4.62. The van der Waals surface area contributed by atoms with Crippen LogP contribution in [0.4, 0.5) is 0 Å². The molecule has 1 aliphatic heterocycles. The van der Waals surface area contributed by atoms with E-state index in [1.54, 1.807) is 0 Å². The molecule has 1 saturated heterocycles. The fourth-order valence-corrected chi connectivity index (χ4v) is 2.62. The first-order valence-corrected chi connectivity index (χ1v) is 6.77. The minimum atomic E-state index is 0.892. The van der Waals surface area contributed by atoms with E-state index in [2.05, 4.69) is 39.8 Å². The number of likely N-dealkylation sites (tertiary alicyclic amines) is 1. The van der Waals surface area contributed by atoms with E-state index >= 15 is 0 Å². The van der Waals surface area contributed by atoms with Gasteiger partial charge < -0.3 is 9.80 Å². The average molecular weight is 263 g/mol. The molecule has 0 amide bonds. The van der Waals surface area contributed by atoms with E-state index < -0.39 is 0 Å². The van der Waals surface area contributed by atoms with Crippen LogP contribution in [0, 0.1) is 5.92 Å². The van der Waals surface area contributed by atoms with E-state index in [1.807, 2.05) is 0 Å². The smallest absolute Gasteiger partial charge is 0.00718 e. The Kier molecular flexibility index (Phi) is 6.06. The summed E-state index contributed by atoms with van der Waals surface area (Å²) in [7, 11) is 4.30. The number of hydrogen-bond donors (Lipinski definition) is 0. The lowest BCUT2D eigenvalue weighted by Gasteiger charge is -2.32. The number of nitrogens with zero attached hydrogens (tertiary/aromatic N) is 2. The van der Waals surface area contributed by atoms with Crippen LogP contribution in [0.1, 0.15) is 19.3 Å². The maximum absolute atomic E-state index is 3.59. The van der Waals surface area contributed by atoms with Gasteiger partial charge in [-0.2, -0.15) is 0 Å². The topological polar surface area (TPSA) is 6.48 Å². The molecule has 0 aliphatic carbocycles. The van der Waals surface area contributed by atoms with E-state index in [0.717, 1.165) is 5.92 Å². The van der Waals surface area contributed by atoms with Crippen molar-refractivity contribution in [2.24, 2.45) is 5.92 Å². The van der Waals surface area contributed by atoms with Crippen LogP contribution in [0.15, 0.2) is 0 Å². The quantitative estimate of drug-likeness (QED) is 0.700.